The first-order valence-electron chi connectivity index (χ1n) is 10.5. The average Bonchev–Trinajstić information content (AvgIpc) is 3.39. The van der Waals surface area contributed by atoms with Crippen LogP contribution < -0.4 is 16.4 Å². The van der Waals surface area contributed by atoms with Crippen molar-refractivity contribution in [2.45, 2.75) is 19.3 Å². The van der Waals surface area contributed by atoms with E-state index < -0.39 is 11.9 Å². The van der Waals surface area contributed by atoms with E-state index in [4.69, 9.17) is 10.7 Å². The lowest BCUT2D eigenvalue weighted by Crippen LogP contribution is -2.35. The summed E-state index contributed by atoms with van der Waals surface area (Å²) >= 11 is 1.37. The molecule has 2 aromatic heterocycles. The molecule has 4 N–H and O–H groups in total. The van der Waals surface area contributed by atoms with E-state index >= 15 is 0 Å². The molecule has 164 valence electrons. The Bertz CT molecular complexity index is 1410. The molecule has 1 aliphatic rings. The van der Waals surface area contributed by atoms with Gasteiger partial charge in [0, 0.05) is 15.8 Å². The second-order valence-electron chi connectivity index (χ2n) is 7.77. The van der Waals surface area contributed by atoms with E-state index in [-0.39, 0.29) is 5.91 Å². The summed E-state index contributed by atoms with van der Waals surface area (Å²) in [5, 5.41) is 6.19. The van der Waals surface area contributed by atoms with Gasteiger partial charge < -0.3 is 11.1 Å². The zero-order valence-electron chi connectivity index (χ0n) is 17.6. The van der Waals surface area contributed by atoms with E-state index in [0.717, 1.165) is 35.3 Å². The zero-order valence-corrected chi connectivity index (χ0v) is 18.4. The molecule has 4 amide bonds. The molecule has 0 aliphatic heterocycles. The quantitative estimate of drug-likeness (QED) is 0.419. The van der Waals surface area contributed by atoms with Crippen molar-refractivity contribution in [3.8, 4) is 11.3 Å². The summed E-state index contributed by atoms with van der Waals surface area (Å²) in [6, 6.07) is 17.9. The second kappa shape index (κ2) is 8.48. The SMILES string of the molecule is NC(=O)NC(=O)c1c(NC(=O)c2cc(-c3ccccc3)nc3ccccc23)sc2c1CCC2. The molecule has 0 saturated carbocycles. The lowest BCUT2D eigenvalue weighted by molar-refractivity contribution is 0.0966. The Morgan fingerprint density at radius 2 is 1.70 bits per heavy atom. The number of hydrogen-bond donors (Lipinski definition) is 3. The van der Waals surface area contributed by atoms with E-state index in [2.05, 4.69) is 10.6 Å². The highest BCUT2D eigenvalue weighted by molar-refractivity contribution is 7.17. The molecule has 1 aliphatic carbocycles. The van der Waals surface area contributed by atoms with Crippen molar-refractivity contribution in [3.05, 3.63) is 82.2 Å². The maximum atomic E-state index is 13.5. The predicted octanol–water partition coefficient (Wildman–Crippen LogP) is 4.51. The Hall–Kier alpha value is -4.04. The van der Waals surface area contributed by atoms with Crippen molar-refractivity contribution in [2.75, 3.05) is 5.32 Å². The standard InChI is InChI=1S/C25H20N4O3S/c26-25(32)29-23(31)21-16-10-6-12-20(16)33-24(21)28-22(30)17-13-19(14-7-2-1-3-8-14)27-18-11-5-4-9-15(17)18/h1-5,7-9,11,13H,6,10,12H2,(H,28,30)(H3,26,29,31,32). The summed E-state index contributed by atoms with van der Waals surface area (Å²) in [5.74, 6) is -0.944. The maximum Gasteiger partial charge on any atom is 0.319 e. The highest BCUT2D eigenvalue weighted by atomic mass is 32.1. The van der Waals surface area contributed by atoms with Crippen molar-refractivity contribution >= 4 is 45.1 Å². The van der Waals surface area contributed by atoms with Crippen LogP contribution in [0.4, 0.5) is 9.80 Å². The monoisotopic (exact) mass is 456 g/mol. The third kappa shape index (κ3) is 3.96. The summed E-state index contributed by atoms with van der Waals surface area (Å²) in [6.07, 6.45) is 2.49. The number of pyridine rings is 1. The Labute approximate surface area is 193 Å². The minimum atomic E-state index is -0.928. The lowest BCUT2D eigenvalue weighted by atomic mass is 10.0. The molecule has 8 heteroatoms. The minimum absolute atomic E-state index is 0.321. The fraction of sp³-hybridized carbons (Fsp3) is 0.120. The van der Waals surface area contributed by atoms with E-state index in [1.165, 1.54) is 11.3 Å². The summed E-state index contributed by atoms with van der Waals surface area (Å²) in [7, 11) is 0. The normalized spacial score (nSPS) is 12.4. The Morgan fingerprint density at radius 3 is 2.48 bits per heavy atom. The van der Waals surface area contributed by atoms with Crippen molar-refractivity contribution in [3.63, 3.8) is 0 Å². The molecule has 4 aromatic rings. The van der Waals surface area contributed by atoms with Crippen LogP contribution in [0.5, 0.6) is 0 Å². The topological polar surface area (TPSA) is 114 Å². The third-order valence-electron chi connectivity index (χ3n) is 5.64. The number of carbonyl (C=O) groups is 3. The maximum absolute atomic E-state index is 13.5. The van der Waals surface area contributed by atoms with Crippen molar-refractivity contribution in [1.82, 2.24) is 10.3 Å². The van der Waals surface area contributed by atoms with Crippen LogP contribution in [0.25, 0.3) is 22.2 Å². The number of nitrogens with two attached hydrogens (primary N) is 1. The number of imide groups is 1. The van der Waals surface area contributed by atoms with Gasteiger partial charge in [-0.25, -0.2) is 9.78 Å². The van der Waals surface area contributed by atoms with Crippen LogP contribution in [-0.4, -0.2) is 22.8 Å². The number of thiophene rings is 1. The third-order valence-corrected chi connectivity index (χ3v) is 6.85. The molecular formula is C25H20N4O3S. The van der Waals surface area contributed by atoms with Crippen LogP contribution in [0.1, 0.15) is 37.6 Å². The molecule has 0 spiro atoms. The number of para-hydroxylation sites is 1. The largest absolute Gasteiger partial charge is 0.351 e. The van der Waals surface area contributed by atoms with Gasteiger partial charge in [-0.3, -0.25) is 14.9 Å². The van der Waals surface area contributed by atoms with Gasteiger partial charge in [0.2, 0.25) is 0 Å². The van der Waals surface area contributed by atoms with E-state index in [9.17, 15) is 14.4 Å². The Balaban J connectivity index is 1.57. The number of amides is 4. The lowest BCUT2D eigenvalue weighted by Gasteiger charge is -2.11. The zero-order chi connectivity index (χ0) is 22.9. The van der Waals surface area contributed by atoms with Crippen LogP contribution in [0.3, 0.4) is 0 Å². The van der Waals surface area contributed by atoms with Gasteiger partial charge in [-0.05, 0) is 37.0 Å². The molecule has 5 rings (SSSR count). The number of rotatable bonds is 4. The van der Waals surface area contributed by atoms with Gasteiger partial charge in [0.15, 0.2) is 0 Å². The molecule has 2 aromatic carbocycles. The van der Waals surface area contributed by atoms with Gasteiger partial charge in [-0.2, -0.15) is 0 Å². The van der Waals surface area contributed by atoms with Crippen LogP contribution >= 0.6 is 11.3 Å². The molecule has 7 nitrogen and oxygen atoms in total. The molecule has 0 bridgehead atoms. The number of nitrogens with one attached hydrogen (secondary N) is 2. The second-order valence-corrected chi connectivity index (χ2v) is 8.88. The van der Waals surface area contributed by atoms with Crippen LogP contribution in [0.2, 0.25) is 0 Å². The predicted molar refractivity (Wildman–Crippen MR) is 129 cm³/mol. The molecule has 2 heterocycles. The number of primary amides is 1. The van der Waals surface area contributed by atoms with E-state index in [1.54, 1.807) is 6.07 Å². The molecule has 0 fully saturated rings. The highest BCUT2D eigenvalue weighted by Gasteiger charge is 2.28. The Morgan fingerprint density at radius 1 is 0.939 bits per heavy atom. The van der Waals surface area contributed by atoms with Gasteiger partial charge >= 0.3 is 6.03 Å². The first-order valence-corrected chi connectivity index (χ1v) is 11.3. The number of carbonyl (C=O) groups excluding carboxylic acids is 3. The summed E-state index contributed by atoms with van der Waals surface area (Å²) in [5.41, 5.74) is 9.08. The molecule has 0 saturated heterocycles. The number of anilines is 1. The highest BCUT2D eigenvalue weighted by Crippen LogP contribution is 2.39. The first-order chi connectivity index (χ1) is 16.0. The van der Waals surface area contributed by atoms with Gasteiger partial charge in [0.1, 0.15) is 5.00 Å². The summed E-state index contributed by atoms with van der Waals surface area (Å²) in [6.45, 7) is 0. The number of fused-ring (bicyclic) bond motifs is 2. The first kappa shape index (κ1) is 20.8. The van der Waals surface area contributed by atoms with Crippen LogP contribution in [0.15, 0.2) is 60.7 Å². The van der Waals surface area contributed by atoms with E-state index in [0.29, 0.717) is 32.7 Å². The molecule has 0 atom stereocenters. The van der Waals surface area contributed by atoms with Crippen molar-refractivity contribution in [2.24, 2.45) is 5.73 Å². The summed E-state index contributed by atoms with van der Waals surface area (Å²) in [4.78, 5) is 43.2. The van der Waals surface area contributed by atoms with Gasteiger partial charge in [0.05, 0.1) is 22.3 Å². The fourth-order valence-corrected chi connectivity index (χ4v) is 5.48. The minimum Gasteiger partial charge on any atom is -0.351 e. The van der Waals surface area contributed by atoms with Crippen LogP contribution in [-0.2, 0) is 12.8 Å². The number of hydrogen-bond acceptors (Lipinski definition) is 5. The van der Waals surface area contributed by atoms with Crippen LogP contribution in [0, 0.1) is 0 Å². The van der Waals surface area contributed by atoms with Gasteiger partial charge in [-0.15, -0.1) is 11.3 Å². The number of urea groups is 1. The fourth-order valence-electron chi connectivity index (χ4n) is 4.20. The van der Waals surface area contributed by atoms with E-state index in [1.807, 2.05) is 54.6 Å². The number of aromatic nitrogens is 1. The number of aryl methyl sites for hydroxylation is 1. The molecule has 0 unspecified atom stereocenters. The molecule has 0 radical (unpaired) electrons. The van der Waals surface area contributed by atoms with Gasteiger partial charge in [0.25, 0.3) is 11.8 Å². The molecular weight excluding hydrogens is 436 g/mol. The number of nitrogens with zero attached hydrogens (tertiary/aromatic N) is 1. The van der Waals surface area contributed by atoms with Gasteiger partial charge in [-0.1, -0.05) is 48.5 Å². The Kier molecular flexibility index (Phi) is 5.35. The smallest absolute Gasteiger partial charge is 0.319 e. The number of benzene rings is 2. The molecule has 33 heavy (non-hydrogen) atoms. The van der Waals surface area contributed by atoms with Crippen molar-refractivity contribution in [1.29, 1.82) is 0 Å². The average molecular weight is 457 g/mol. The van der Waals surface area contributed by atoms with Crippen molar-refractivity contribution < 1.29 is 14.4 Å². The summed E-state index contributed by atoms with van der Waals surface area (Å²) < 4.78 is 0.